The maximum Gasteiger partial charge on any atom is 0.234 e. The smallest absolute Gasteiger partial charge is 0.234 e. The van der Waals surface area contributed by atoms with E-state index in [2.05, 4.69) is 15.9 Å². The summed E-state index contributed by atoms with van der Waals surface area (Å²) in [4.78, 5) is 26.3. The van der Waals surface area contributed by atoms with Crippen LogP contribution in [0, 0.1) is 12.3 Å². The fourth-order valence-electron chi connectivity index (χ4n) is 3.54. The number of hydrogen-bond acceptors (Lipinski definition) is 2. The fraction of sp³-hybridized carbons (Fsp3) is 0.500. The molecule has 1 aromatic carbocycles. The minimum atomic E-state index is -0.0484. The number of hydrogen-bond donors (Lipinski definition) is 0. The van der Waals surface area contributed by atoms with E-state index in [0.717, 1.165) is 35.7 Å². The highest BCUT2D eigenvalue weighted by Crippen LogP contribution is 2.48. The van der Waals surface area contributed by atoms with E-state index >= 15 is 0 Å². The van der Waals surface area contributed by atoms with Gasteiger partial charge in [-0.15, -0.1) is 0 Å². The lowest BCUT2D eigenvalue weighted by atomic mass is 9.76. The van der Waals surface area contributed by atoms with Crippen LogP contribution < -0.4 is 4.90 Å². The second kappa shape index (κ2) is 4.99. The molecule has 0 unspecified atom stereocenters. The molecule has 1 aromatic rings. The molecule has 2 aliphatic rings. The van der Waals surface area contributed by atoms with E-state index < -0.39 is 0 Å². The summed E-state index contributed by atoms with van der Waals surface area (Å²) in [6, 6.07) is 5.72. The number of carbonyl (C=O) groups excluding carboxylic acids is 2. The minimum Gasteiger partial charge on any atom is -0.274 e. The maximum absolute atomic E-state index is 12.5. The predicted molar refractivity (Wildman–Crippen MR) is 81.5 cm³/mol. The molecular formula is C16H18BrNO2. The molecular weight excluding hydrogens is 318 g/mol. The van der Waals surface area contributed by atoms with Crippen LogP contribution in [-0.4, -0.2) is 11.8 Å². The first-order valence-electron chi connectivity index (χ1n) is 7.13. The maximum atomic E-state index is 12.5. The third-order valence-corrected chi connectivity index (χ3v) is 5.19. The monoisotopic (exact) mass is 335 g/mol. The number of piperidine rings is 1. The molecule has 2 fully saturated rings. The van der Waals surface area contributed by atoms with Crippen molar-refractivity contribution in [3.63, 3.8) is 0 Å². The van der Waals surface area contributed by atoms with Crippen LogP contribution in [-0.2, 0) is 9.59 Å². The summed E-state index contributed by atoms with van der Waals surface area (Å²) < 4.78 is 0.807. The third kappa shape index (κ3) is 2.30. The molecule has 1 aliphatic carbocycles. The molecule has 0 atom stereocenters. The minimum absolute atomic E-state index is 0.0398. The first-order chi connectivity index (χ1) is 9.51. The van der Waals surface area contributed by atoms with Gasteiger partial charge in [-0.05, 0) is 58.8 Å². The second-order valence-corrected chi connectivity index (χ2v) is 6.99. The number of imide groups is 1. The first kappa shape index (κ1) is 13.8. The molecule has 1 heterocycles. The van der Waals surface area contributed by atoms with Gasteiger partial charge >= 0.3 is 0 Å². The SMILES string of the molecule is Cc1ccc(N2C(=O)CC3(CCCC3)CC2=O)c(Br)c1. The van der Waals surface area contributed by atoms with Crippen LogP contribution in [0.5, 0.6) is 0 Å². The first-order valence-corrected chi connectivity index (χ1v) is 7.92. The number of aryl methyl sites for hydroxylation is 1. The third-order valence-electron chi connectivity index (χ3n) is 4.56. The lowest BCUT2D eigenvalue weighted by Crippen LogP contribution is -2.47. The van der Waals surface area contributed by atoms with Crippen LogP contribution in [0.15, 0.2) is 22.7 Å². The molecule has 3 nitrogen and oxygen atoms in total. The van der Waals surface area contributed by atoms with E-state index in [1.165, 1.54) is 4.90 Å². The highest BCUT2D eigenvalue weighted by atomic mass is 79.9. The zero-order valence-electron chi connectivity index (χ0n) is 11.6. The van der Waals surface area contributed by atoms with Crippen molar-refractivity contribution in [2.75, 3.05) is 4.90 Å². The quantitative estimate of drug-likeness (QED) is 0.728. The molecule has 1 saturated carbocycles. The number of benzene rings is 1. The Balaban J connectivity index is 1.91. The number of anilines is 1. The fourth-order valence-corrected chi connectivity index (χ4v) is 4.21. The number of carbonyl (C=O) groups is 2. The summed E-state index contributed by atoms with van der Waals surface area (Å²) >= 11 is 3.47. The van der Waals surface area contributed by atoms with Gasteiger partial charge in [-0.1, -0.05) is 18.9 Å². The van der Waals surface area contributed by atoms with Crippen molar-refractivity contribution in [1.82, 2.24) is 0 Å². The van der Waals surface area contributed by atoms with E-state index in [1.54, 1.807) is 0 Å². The standard InChI is InChI=1S/C16H18BrNO2/c1-11-4-5-13(12(17)8-11)18-14(19)9-16(10-15(18)20)6-2-3-7-16/h4-5,8H,2-3,6-7,9-10H2,1H3. The van der Waals surface area contributed by atoms with Crippen LogP contribution in [0.4, 0.5) is 5.69 Å². The Morgan fingerprint density at radius 2 is 1.70 bits per heavy atom. The van der Waals surface area contributed by atoms with Crippen LogP contribution in [0.3, 0.4) is 0 Å². The molecule has 0 radical (unpaired) electrons. The largest absolute Gasteiger partial charge is 0.274 e. The van der Waals surface area contributed by atoms with Crippen LogP contribution in [0.25, 0.3) is 0 Å². The number of halogens is 1. The summed E-state index contributed by atoms with van der Waals surface area (Å²) in [7, 11) is 0. The van der Waals surface area contributed by atoms with Gasteiger partial charge in [0, 0.05) is 17.3 Å². The number of amides is 2. The zero-order chi connectivity index (χ0) is 14.3. The molecule has 1 aliphatic heterocycles. The van der Waals surface area contributed by atoms with Crippen molar-refractivity contribution in [2.24, 2.45) is 5.41 Å². The van der Waals surface area contributed by atoms with E-state index in [4.69, 9.17) is 0 Å². The lowest BCUT2D eigenvalue weighted by Gasteiger charge is -2.37. The van der Waals surface area contributed by atoms with Crippen molar-refractivity contribution < 1.29 is 9.59 Å². The molecule has 106 valence electrons. The lowest BCUT2D eigenvalue weighted by molar-refractivity contribution is -0.133. The van der Waals surface area contributed by atoms with Crippen molar-refractivity contribution in [1.29, 1.82) is 0 Å². The molecule has 1 spiro atoms. The van der Waals surface area contributed by atoms with Gasteiger partial charge in [0.15, 0.2) is 0 Å². The average molecular weight is 336 g/mol. The molecule has 0 aromatic heterocycles. The van der Waals surface area contributed by atoms with Gasteiger partial charge in [-0.25, -0.2) is 4.90 Å². The predicted octanol–water partition coefficient (Wildman–Crippen LogP) is 3.97. The molecule has 1 saturated heterocycles. The van der Waals surface area contributed by atoms with Gasteiger partial charge in [0.25, 0.3) is 0 Å². The summed E-state index contributed by atoms with van der Waals surface area (Å²) in [6.45, 7) is 1.99. The van der Waals surface area contributed by atoms with Gasteiger partial charge in [-0.3, -0.25) is 9.59 Å². The van der Waals surface area contributed by atoms with Gasteiger partial charge in [0.1, 0.15) is 0 Å². The Bertz CT molecular complexity index is 556. The Labute approximate surface area is 127 Å². The highest BCUT2D eigenvalue weighted by Gasteiger charge is 2.45. The van der Waals surface area contributed by atoms with Crippen LogP contribution in [0.2, 0.25) is 0 Å². The Morgan fingerprint density at radius 3 is 2.25 bits per heavy atom. The molecule has 2 amide bonds. The number of nitrogens with zero attached hydrogens (tertiary/aromatic N) is 1. The highest BCUT2D eigenvalue weighted by molar-refractivity contribution is 9.10. The molecule has 3 rings (SSSR count). The Morgan fingerprint density at radius 1 is 1.10 bits per heavy atom. The van der Waals surface area contributed by atoms with Gasteiger partial charge < -0.3 is 0 Å². The van der Waals surface area contributed by atoms with Crippen molar-refractivity contribution in [3.8, 4) is 0 Å². The molecule has 0 bridgehead atoms. The van der Waals surface area contributed by atoms with E-state index in [9.17, 15) is 9.59 Å². The summed E-state index contributed by atoms with van der Waals surface area (Å²) in [5.41, 5.74) is 1.74. The van der Waals surface area contributed by atoms with Crippen LogP contribution in [0.1, 0.15) is 44.1 Å². The Kier molecular flexibility index (Phi) is 3.44. The second-order valence-electron chi connectivity index (χ2n) is 6.14. The zero-order valence-corrected chi connectivity index (χ0v) is 13.2. The van der Waals surface area contributed by atoms with E-state index in [1.807, 2.05) is 25.1 Å². The van der Waals surface area contributed by atoms with E-state index in [-0.39, 0.29) is 17.2 Å². The normalized spacial score (nSPS) is 21.8. The topological polar surface area (TPSA) is 37.4 Å². The van der Waals surface area contributed by atoms with Gasteiger partial charge in [0.05, 0.1) is 5.69 Å². The molecule has 4 heteroatoms. The number of rotatable bonds is 1. The molecule has 0 N–H and O–H groups in total. The Hall–Kier alpha value is -1.16. The summed E-state index contributed by atoms with van der Waals surface area (Å²) in [5.74, 6) is -0.0968. The van der Waals surface area contributed by atoms with Gasteiger partial charge in [0.2, 0.25) is 11.8 Å². The molecule has 20 heavy (non-hydrogen) atoms. The van der Waals surface area contributed by atoms with Gasteiger partial charge in [-0.2, -0.15) is 0 Å². The van der Waals surface area contributed by atoms with Crippen molar-refractivity contribution >= 4 is 33.4 Å². The van der Waals surface area contributed by atoms with Crippen molar-refractivity contribution in [3.05, 3.63) is 28.2 Å². The average Bonchev–Trinajstić information content (AvgIpc) is 2.79. The summed E-state index contributed by atoms with van der Waals surface area (Å²) in [6.07, 6.45) is 5.36. The van der Waals surface area contributed by atoms with Crippen molar-refractivity contribution in [2.45, 2.75) is 45.4 Å². The van der Waals surface area contributed by atoms with Crippen LogP contribution >= 0.6 is 15.9 Å². The summed E-state index contributed by atoms with van der Waals surface area (Å²) in [5, 5.41) is 0. The van der Waals surface area contributed by atoms with E-state index in [0.29, 0.717) is 18.5 Å².